The van der Waals surface area contributed by atoms with Crippen LogP contribution in [0.25, 0.3) is 0 Å². The van der Waals surface area contributed by atoms with Crippen molar-refractivity contribution in [2.24, 2.45) is 0 Å². The molecule has 2 aromatic rings. The molecule has 1 atom stereocenters. The van der Waals surface area contributed by atoms with Crippen molar-refractivity contribution < 1.29 is 13.6 Å². The molecule has 0 aliphatic heterocycles. The number of hydrogen-bond donors (Lipinski definition) is 0. The van der Waals surface area contributed by atoms with Crippen LogP contribution >= 0.6 is 0 Å². The fourth-order valence-corrected chi connectivity index (χ4v) is 2.96. The molecular weight excluding hydrogens is 272 g/mol. The summed E-state index contributed by atoms with van der Waals surface area (Å²) in [4.78, 5) is 14.0. The molecule has 108 valence electrons. The molecule has 3 rings (SSSR count). The van der Waals surface area contributed by atoms with Crippen LogP contribution in [0.5, 0.6) is 0 Å². The Morgan fingerprint density at radius 3 is 2.52 bits per heavy atom. The third kappa shape index (κ3) is 2.53. The van der Waals surface area contributed by atoms with Crippen molar-refractivity contribution >= 4 is 5.91 Å². The summed E-state index contributed by atoms with van der Waals surface area (Å²) < 4.78 is 26.5. The lowest BCUT2D eigenvalue weighted by atomic mass is 10.1. The predicted molar refractivity (Wildman–Crippen MR) is 76.0 cm³/mol. The van der Waals surface area contributed by atoms with Gasteiger partial charge in [0, 0.05) is 18.7 Å². The highest BCUT2D eigenvalue weighted by Crippen LogP contribution is 2.35. The summed E-state index contributed by atoms with van der Waals surface area (Å²) in [5.41, 5.74) is 2.39. The molecule has 0 fully saturated rings. The lowest BCUT2D eigenvalue weighted by Crippen LogP contribution is -2.30. The number of aryl methyl sites for hydroxylation is 1. The SMILES string of the molecule is CN(C(=O)c1cc(F)cc(F)c1)[C@H]1CCc2ccccc21. The van der Waals surface area contributed by atoms with Gasteiger partial charge >= 0.3 is 0 Å². The second kappa shape index (κ2) is 5.28. The van der Waals surface area contributed by atoms with Crippen molar-refractivity contribution in [3.05, 3.63) is 70.8 Å². The van der Waals surface area contributed by atoms with E-state index in [2.05, 4.69) is 6.07 Å². The smallest absolute Gasteiger partial charge is 0.254 e. The average Bonchev–Trinajstić information content (AvgIpc) is 2.88. The van der Waals surface area contributed by atoms with Crippen LogP contribution in [-0.2, 0) is 6.42 Å². The molecular formula is C17H15F2NO. The molecule has 0 unspecified atom stereocenters. The first-order valence-electron chi connectivity index (χ1n) is 6.87. The Kier molecular flexibility index (Phi) is 3.45. The summed E-state index contributed by atoms with van der Waals surface area (Å²) in [5, 5.41) is 0. The maximum Gasteiger partial charge on any atom is 0.254 e. The van der Waals surface area contributed by atoms with E-state index < -0.39 is 11.6 Å². The molecule has 0 bridgehead atoms. The van der Waals surface area contributed by atoms with Gasteiger partial charge in [-0.1, -0.05) is 24.3 Å². The standard InChI is InChI=1S/C17H15F2NO/c1-20(16-7-6-11-4-2-3-5-15(11)16)17(21)12-8-13(18)10-14(19)9-12/h2-5,8-10,16H,6-7H2,1H3/t16-/m0/s1. The number of halogens is 2. The van der Waals surface area contributed by atoms with E-state index in [4.69, 9.17) is 0 Å². The summed E-state index contributed by atoms with van der Waals surface area (Å²) in [6, 6.07) is 10.8. The molecule has 0 saturated heterocycles. The minimum absolute atomic E-state index is 0.0411. The van der Waals surface area contributed by atoms with Gasteiger partial charge in [0.25, 0.3) is 5.91 Å². The fraction of sp³-hybridized carbons (Fsp3) is 0.235. The molecule has 0 spiro atoms. The molecule has 0 aromatic heterocycles. The monoisotopic (exact) mass is 287 g/mol. The summed E-state index contributed by atoms with van der Waals surface area (Å²) in [6.45, 7) is 0. The number of benzene rings is 2. The van der Waals surface area contributed by atoms with Crippen LogP contribution in [0.1, 0.15) is 33.9 Å². The molecule has 1 aliphatic rings. The number of hydrogen-bond acceptors (Lipinski definition) is 1. The van der Waals surface area contributed by atoms with Gasteiger partial charge in [-0.05, 0) is 36.1 Å². The van der Waals surface area contributed by atoms with Gasteiger partial charge in [-0.2, -0.15) is 0 Å². The van der Waals surface area contributed by atoms with Crippen LogP contribution in [-0.4, -0.2) is 17.9 Å². The zero-order chi connectivity index (χ0) is 15.0. The molecule has 0 saturated carbocycles. The van der Waals surface area contributed by atoms with Crippen molar-refractivity contribution in [3.8, 4) is 0 Å². The molecule has 0 N–H and O–H groups in total. The zero-order valence-electron chi connectivity index (χ0n) is 11.6. The van der Waals surface area contributed by atoms with Gasteiger partial charge < -0.3 is 4.90 Å². The van der Waals surface area contributed by atoms with Crippen molar-refractivity contribution in [2.75, 3.05) is 7.05 Å². The Balaban J connectivity index is 1.89. The highest BCUT2D eigenvalue weighted by molar-refractivity contribution is 5.94. The molecule has 0 heterocycles. The highest BCUT2D eigenvalue weighted by Gasteiger charge is 2.29. The number of carbonyl (C=O) groups is 1. The number of amides is 1. The van der Waals surface area contributed by atoms with E-state index in [1.54, 1.807) is 11.9 Å². The average molecular weight is 287 g/mol. The van der Waals surface area contributed by atoms with Crippen LogP contribution in [0.3, 0.4) is 0 Å². The van der Waals surface area contributed by atoms with E-state index in [0.717, 1.165) is 36.6 Å². The zero-order valence-corrected chi connectivity index (χ0v) is 11.6. The van der Waals surface area contributed by atoms with Gasteiger partial charge in [-0.3, -0.25) is 4.79 Å². The third-order valence-corrected chi connectivity index (χ3v) is 4.00. The topological polar surface area (TPSA) is 20.3 Å². The normalized spacial score (nSPS) is 16.6. The van der Waals surface area contributed by atoms with Gasteiger partial charge in [0.15, 0.2) is 0 Å². The third-order valence-electron chi connectivity index (χ3n) is 4.00. The fourth-order valence-electron chi connectivity index (χ4n) is 2.96. The lowest BCUT2D eigenvalue weighted by molar-refractivity contribution is 0.0729. The highest BCUT2D eigenvalue weighted by atomic mass is 19.1. The van der Waals surface area contributed by atoms with Gasteiger partial charge in [-0.25, -0.2) is 8.78 Å². The van der Waals surface area contributed by atoms with E-state index >= 15 is 0 Å². The summed E-state index contributed by atoms with van der Waals surface area (Å²) in [6.07, 6.45) is 1.75. The number of fused-ring (bicyclic) bond motifs is 1. The van der Waals surface area contributed by atoms with Gasteiger partial charge in [-0.15, -0.1) is 0 Å². The Morgan fingerprint density at radius 2 is 1.81 bits per heavy atom. The molecule has 4 heteroatoms. The van der Waals surface area contributed by atoms with E-state index in [1.165, 1.54) is 5.56 Å². The Hall–Kier alpha value is -2.23. The van der Waals surface area contributed by atoms with E-state index in [-0.39, 0.29) is 17.5 Å². The number of rotatable bonds is 2. The molecule has 0 radical (unpaired) electrons. The van der Waals surface area contributed by atoms with Crippen LogP contribution in [0.4, 0.5) is 8.78 Å². The minimum atomic E-state index is -0.737. The van der Waals surface area contributed by atoms with Crippen LogP contribution in [0.2, 0.25) is 0 Å². The van der Waals surface area contributed by atoms with E-state index in [1.807, 2.05) is 18.2 Å². The van der Waals surface area contributed by atoms with E-state index in [9.17, 15) is 13.6 Å². The van der Waals surface area contributed by atoms with Crippen LogP contribution in [0, 0.1) is 11.6 Å². The largest absolute Gasteiger partial charge is 0.335 e. The maximum atomic E-state index is 13.3. The van der Waals surface area contributed by atoms with Crippen molar-refractivity contribution in [1.29, 1.82) is 0 Å². The Labute approximate surface area is 122 Å². The second-order valence-electron chi connectivity index (χ2n) is 5.33. The second-order valence-corrected chi connectivity index (χ2v) is 5.33. The maximum absolute atomic E-state index is 13.3. The predicted octanol–water partition coefficient (Wildman–Crippen LogP) is 3.72. The molecule has 1 amide bonds. The number of carbonyl (C=O) groups excluding carboxylic acids is 1. The quantitative estimate of drug-likeness (QED) is 0.824. The van der Waals surface area contributed by atoms with Gasteiger partial charge in [0.05, 0.1) is 6.04 Å². The first kappa shape index (κ1) is 13.7. The van der Waals surface area contributed by atoms with E-state index in [0.29, 0.717) is 0 Å². The Bertz CT molecular complexity index is 679. The molecule has 2 aromatic carbocycles. The van der Waals surface area contributed by atoms with Crippen molar-refractivity contribution in [1.82, 2.24) is 4.90 Å². The van der Waals surface area contributed by atoms with Crippen LogP contribution in [0.15, 0.2) is 42.5 Å². The van der Waals surface area contributed by atoms with Crippen LogP contribution < -0.4 is 0 Å². The Morgan fingerprint density at radius 1 is 1.14 bits per heavy atom. The number of nitrogens with zero attached hydrogens (tertiary/aromatic N) is 1. The summed E-state index contributed by atoms with van der Waals surface area (Å²) in [5.74, 6) is -1.84. The lowest BCUT2D eigenvalue weighted by Gasteiger charge is -2.25. The molecule has 1 aliphatic carbocycles. The first-order valence-corrected chi connectivity index (χ1v) is 6.87. The van der Waals surface area contributed by atoms with Crippen molar-refractivity contribution in [3.63, 3.8) is 0 Å². The summed E-state index contributed by atoms with van der Waals surface area (Å²) >= 11 is 0. The minimum Gasteiger partial charge on any atom is -0.335 e. The molecule has 21 heavy (non-hydrogen) atoms. The first-order chi connectivity index (χ1) is 10.1. The van der Waals surface area contributed by atoms with Gasteiger partial charge in [0.1, 0.15) is 11.6 Å². The molecule has 2 nitrogen and oxygen atoms in total. The summed E-state index contributed by atoms with van der Waals surface area (Å²) in [7, 11) is 1.68. The van der Waals surface area contributed by atoms with Gasteiger partial charge in [0.2, 0.25) is 0 Å². The van der Waals surface area contributed by atoms with Crippen molar-refractivity contribution in [2.45, 2.75) is 18.9 Å².